The summed E-state index contributed by atoms with van der Waals surface area (Å²) >= 11 is 0. The lowest BCUT2D eigenvalue weighted by molar-refractivity contribution is 0.119. The first-order valence-corrected chi connectivity index (χ1v) is 6.85. The molecule has 2 rings (SSSR count). The van der Waals surface area contributed by atoms with E-state index in [-0.39, 0.29) is 16.8 Å². The summed E-state index contributed by atoms with van der Waals surface area (Å²) < 4.78 is 14.1. The zero-order valence-corrected chi connectivity index (χ0v) is 11.9. The van der Waals surface area contributed by atoms with Crippen LogP contribution in [0.1, 0.15) is 46.1 Å². The van der Waals surface area contributed by atoms with E-state index in [1.54, 1.807) is 12.1 Å². The van der Waals surface area contributed by atoms with Gasteiger partial charge in [-0.2, -0.15) is 0 Å². The van der Waals surface area contributed by atoms with Crippen LogP contribution in [-0.4, -0.2) is 12.1 Å². The van der Waals surface area contributed by atoms with Gasteiger partial charge in [-0.3, -0.25) is 0 Å². The molecule has 0 heterocycles. The molecule has 1 N–H and O–H groups in total. The predicted molar refractivity (Wildman–Crippen MR) is 74.2 cm³/mol. The highest BCUT2D eigenvalue weighted by Crippen LogP contribution is 2.49. The molecule has 100 valence electrons. The van der Waals surface area contributed by atoms with E-state index >= 15 is 0 Å². The number of nitrogens with one attached hydrogen (secondary N) is 1. The molecule has 1 aromatic carbocycles. The molecule has 1 aliphatic rings. The normalized spacial score (nSPS) is 27.9. The van der Waals surface area contributed by atoms with Gasteiger partial charge in [-0.05, 0) is 51.2 Å². The SMILES string of the molecule is CC1CCC1(CNC(C)(C)C)c1ccccc1F. The van der Waals surface area contributed by atoms with Crippen molar-refractivity contribution in [2.75, 3.05) is 6.54 Å². The lowest BCUT2D eigenvalue weighted by Gasteiger charge is -2.50. The highest BCUT2D eigenvalue weighted by Gasteiger charge is 2.46. The van der Waals surface area contributed by atoms with Crippen molar-refractivity contribution in [2.24, 2.45) is 5.92 Å². The number of hydrogen-bond acceptors (Lipinski definition) is 1. The van der Waals surface area contributed by atoms with Crippen LogP contribution in [0.25, 0.3) is 0 Å². The lowest BCUT2D eigenvalue weighted by Crippen LogP contribution is -2.54. The Balaban J connectivity index is 2.26. The first kappa shape index (κ1) is 13.5. The Morgan fingerprint density at radius 1 is 1.33 bits per heavy atom. The summed E-state index contributed by atoms with van der Waals surface area (Å²) in [5.74, 6) is 0.490. The molecule has 1 fully saturated rings. The maximum atomic E-state index is 14.1. The summed E-state index contributed by atoms with van der Waals surface area (Å²) in [6.45, 7) is 9.57. The third-order valence-electron chi connectivity index (χ3n) is 4.31. The van der Waals surface area contributed by atoms with Gasteiger partial charge in [0.2, 0.25) is 0 Å². The fourth-order valence-corrected chi connectivity index (χ4v) is 2.83. The van der Waals surface area contributed by atoms with Crippen LogP contribution in [0, 0.1) is 11.7 Å². The van der Waals surface area contributed by atoms with E-state index in [4.69, 9.17) is 0 Å². The second-order valence-electron chi connectivity index (χ2n) is 6.68. The average molecular weight is 249 g/mol. The lowest BCUT2D eigenvalue weighted by atomic mass is 9.57. The van der Waals surface area contributed by atoms with Crippen LogP contribution >= 0.6 is 0 Å². The summed E-state index contributed by atoms with van der Waals surface area (Å²) in [6, 6.07) is 7.25. The molecule has 0 spiro atoms. The minimum absolute atomic E-state index is 0.0153. The molecule has 2 unspecified atom stereocenters. The number of rotatable bonds is 3. The van der Waals surface area contributed by atoms with Crippen LogP contribution in [0.2, 0.25) is 0 Å². The van der Waals surface area contributed by atoms with Crippen molar-refractivity contribution in [3.8, 4) is 0 Å². The molecular formula is C16H24FN. The summed E-state index contributed by atoms with van der Waals surface area (Å²) in [4.78, 5) is 0. The van der Waals surface area contributed by atoms with Crippen molar-refractivity contribution in [3.05, 3.63) is 35.6 Å². The van der Waals surface area contributed by atoms with Gasteiger partial charge in [0.15, 0.2) is 0 Å². The Morgan fingerprint density at radius 3 is 2.44 bits per heavy atom. The van der Waals surface area contributed by atoms with E-state index in [0.717, 1.165) is 18.5 Å². The third-order valence-corrected chi connectivity index (χ3v) is 4.31. The van der Waals surface area contributed by atoms with Crippen LogP contribution < -0.4 is 5.32 Å². The molecule has 0 bridgehead atoms. The Bertz CT molecular complexity index is 421. The largest absolute Gasteiger partial charge is 0.311 e. The van der Waals surface area contributed by atoms with E-state index in [2.05, 4.69) is 33.0 Å². The molecule has 2 heteroatoms. The summed E-state index contributed by atoms with van der Waals surface area (Å²) in [6.07, 6.45) is 2.28. The molecule has 0 aromatic heterocycles. The van der Waals surface area contributed by atoms with Gasteiger partial charge >= 0.3 is 0 Å². The van der Waals surface area contributed by atoms with Gasteiger partial charge < -0.3 is 5.32 Å². The van der Waals surface area contributed by atoms with Crippen molar-refractivity contribution < 1.29 is 4.39 Å². The molecule has 1 aliphatic carbocycles. The van der Waals surface area contributed by atoms with E-state index < -0.39 is 0 Å². The van der Waals surface area contributed by atoms with Crippen LogP contribution in [0.15, 0.2) is 24.3 Å². The second kappa shape index (κ2) is 4.65. The van der Waals surface area contributed by atoms with Gasteiger partial charge in [-0.25, -0.2) is 4.39 Å². The highest BCUT2D eigenvalue weighted by atomic mass is 19.1. The van der Waals surface area contributed by atoms with Crippen molar-refractivity contribution >= 4 is 0 Å². The molecule has 1 aromatic rings. The smallest absolute Gasteiger partial charge is 0.127 e. The first-order valence-electron chi connectivity index (χ1n) is 6.85. The molecular weight excluding hydrogens is 225 g/mol. The van der Waals surface area contributed by atoms with Gasteiger partial charge in [-0.15, -0.1) is 0 Å². The average Bonchev–Trinajstić information content (AvgIpc) is 2.28. The quantitative estimate of drug-likeness (QED) is 0.857. The van der Waals surface area contributed by atoms with Crippen LogP contribution in [0.4, 0.5) is 4.39 Å². The molecule has 1 saturated carbocycles. The standard InChI is InChI=1S/C16H24FN/c1-12-9-10-16(12,11-18-15(2,3)4)13-7-5-6-8-14(13)17/h5-8,12,18H,9-11H2,1-4H3. The molecule has 0 amide bonds. The van der Waals surface area contributed by atoms with Gasteiger partial charge in [-0.1, -0.05) is 25.1 Å². The van der Waals surface area contributed by atoms with E-state index in [9.17, 15) is 4.39 Å². The Hall–Kier alpha value is -0.890. The van der Waals surface area contributed by atoms with Crippen molar-refractivity contribution in [1.82, 2.24) is 5.32 Å². The van der Waals surface area contributed by atoms with Crippen molar-refractivity contribution in [2.45, 2.75) is 51.5 Å². The number of benzene rings is 1. The van der Waals surface area contributed by atoms with E-state index in [1.165, 1.54) is 6.42 Å². The second-order valence-corrected chi connectivity index (χ2v) is 6.68. The highest BCUT2D eigenvalue weighted by molar-refractivity contribution is 5.31. The maximum Gasteiger partial charge on any atom is 0.127 e. The molecule has 2 atom stereocenters. The number of halogens is 1. The van der Waals surface area contributed by atoms with Crippen LogP contribution in [0.5, 0.6) is 0 Å². The summed E-state index contributed by atoms with van der Waals surface area (Å²) in [7, 11) is 0. The molecule has 0 radical (unpaired) electrons. The monoisotopic (exact) mass is 249 g/mol. The molecule has 0 saturated heterocycles. The van der Waals surface area contributed by atoms with Crippen molar-refractivity contribution in [1.29, 1.82) is 0 Å². The van der Waals surface area contributed by atoms with Crippen molar-refractivity contribution in [3.63, 3.8) is 0 Å². The molecule has 1 nitrogen and oxygen atoms in total. The van der Waals surface area contributed by atoms with Gasteiger partial charge in [0.25, 0.3) is 0 Å². The zero-order valence-electron chi connectivity index (χ0n) is 11.9. The van der Waals surface area contributed by atoms with Crippen LogP contribution in [0.3, 0.4) is 0 Å². The number of hydrogen-bond donors (Lipinski definition) is 1. The van der Waals surface area contributed by atoms with Gasteiger partial charge in [0, 0.05) is 17.5 Å². The summed E-state index contributed by atoms with van der Waals surface area (Å²) in [5, 5.41) is 3.55. The molecule has 18 heavy (non-hydrogen) atoms. The fraction of sp³-hybridized carbons (Fsp3) is 0.625. The molecule has 0 aliphatic heterocycles. The van der Waals surface area contributed by atoms with E-state index in [0.29, 0.717) is 5.92 Å². The van der Waals surface area contributed by atoms with E-state index in [1.807, 2.05) is 12.1 Å². The van der Waals surface area contributed by atoms with Gasteiger partial charge in [0.05, 0.1) is 0 Å². The Morgan fingerprint density at radius 2 is 2.00 bits per heavy atom. The Kier molecular flexibility index (Phi) is 3.50. The maximum absolute atomic E-state index is 14.1. The predicted octanol–water partition coefficient (Wildman–Crippen LogP) is 3.88. The minimum atomic E-state index is -0.0558. The first-order chi connectivity index (χ1) is 8.35. The van der Waals surface area contributed by atoms with Gasteiger partial charge in [0.1, 0.15) is 5.82 Å². The fourth-order valence-electron chi connectivity index (χ4n) is 2.83. The zero-order chi connectivity index (χ0) is 13.4. The topological polar surface area (TPSA) is 12.0 Å². The Labute approximate surface area is 110 Å². The summed E-state index contributed by atoms with van der Waals surface area (Å²) in [5.41, 5.74) is 0.951. The minimum Gasteiger partial charge on any atom is -0.311 e. The van der Waals surface area contributed by atoms with Crippen LogP contribution in [-0.2, 0) is 5.41 Å². The third kappa shape index (κ3) is 2.44.